The van der Waals surface area contributed by atoms with Gasteiger partial charge in [-0.25, -0.2) is 0 Å². The number of fused-ring (bicyclic) bond motifs is 1. The second kappa shape index (κ2) is 7.95. The van der Waals surface area contributed by atoms with Gasteiger partial charge in [-0.3, -0.25) is 4.79 Å². The Hall–Kier alpha value is -2.95. The van der Waals surface area contributed by atoms with Crippen molar-refractivity contribution in [3.05, 3.63) is 59.8 Å². The van der Waals surface area contributed by atoms with Gasteiger partial charge in [-0.2, -0.15) is 0 Å². The summed E-state index contributed by atoms with van der Waals surface area (Å²) in [6.45, 7) is 2.96. The lowest BCUT2D eigenvalue weighted by Gasteiger charge is -2.10. The highest BCUT2D eigenvalue weighted by atomic mass is 16.5. The molecular weight excluding hydrogens is 328 g/mol. The summed E-state index contributed by atoms with van der Waals surface area (Å²) in [4.78, 5) is 12.3. The van der Waals surface area contributed by atoms with Crippen LogP contribution in [0.5, 0.6) is 11.5 Å². The second-order valence-electron chi connectivity index (χ2n) is 6.30. The van der Waals surface area contributed by atoms with Crippen molar-refractivity contribution >= 4 is 16.8 Å². The van der Waals surface area contributed by atoms with Gasteiger partial charge in [-0.1, -0.05) is 17.7 Å². The van der Waals surface area contributed by atoms with E-state index in [0.29, 0.717) is 24.6 Å². The van der Waals surface area contributed by atoms with Crippen LogP contribution in [-0.2, 0) is 17.8 Å². The number of aromatic nitrogens is 1. The van der Waals surface area contributed by atoms with Crippen molar-refractivity contribution in [2.45, 2.75) is 19.9 Å². The zero-order chi connectivity index (χ0) is 18.5. The van der Waals surface area contributed by atoms with Crippen LogP contribution in [0.4, 0.5) is 0 Å². The molecule has 0 bridgehead atoms. The van der Waals surface area contributed by atoms with Crippen LogP contribution in [0.2, 0.25) is 0 Å². The predicted octanol–water partition coefficient (Wildman–Crippen LogP) is 3.33. The van der Waals surface area contributed by atoms with Crippen LogP contribution in [-0.4, -0.2) is 31.2 Å². The fourth-order valence-corrected chi connectivity index (χ4v) is 3.05. The van der Waals surface area contributed by atoms with Gasteiger partial charge in [0.25, 0.3) is 0 Å². The number of aryl methyl sites for hydroxylation is 1. The van der Waals surface area contributed by atoms with Crippen molar-refractivity contribution in [1.29, 1.82) is 0 Å². The van der Waals surface area contributed by atoms with Crippen LogP contribution in [0.3, 0.4) is 0 Å². The number of ether oxygens (including phenoxy) is 2. The van der Waals surface area contributed by atoms with E-state index in [2.05, 4.69) is 30.4 Å². The molecule has 0 spiro atoms. The molecule has 0 aliphatic carbocycles. The monoisotopic (exact) mass is 352 g/mol. The van der Waals surface area contributed by atoms with Gasteiger partial charge in [0.1, 0.15) is 6.54 Å². The van der Waals surface area contributed by atoms with E-state index in [-0.39, 0.29) is 5.91 Å². The van der Waals surface area contributed by atoms with E-state index in [0.717, 1.165) is 22.9 Å². The van der Waals surface area contributed by atoms with Crippen molar-refractivity contribution < 1.29 is 14.3 Å². The van der Waals surface area contributed by atoms with Crippen molar-refractivity contribution in [3.63, 3.8) is 0 Å². The first-order chi connectivity index (χ1) is 12.6. The molecule has 1 aromatic heterocycles. The summed E-state index contributed by atoms with van der Waals surface area (Å²) >= 11 is 0. The van der Waals surface area contributed by atoms with Crippen molar-refractivity contribution in [2.24, 2.45) is 0 Å². The summed E-state index contributed by atoms with van der Waals surface area (Å²) in [7, 11) is 3.23. The van der Waals surface area contributed by atoms with Crippen molar-refractivity contribution in [1.82, 2.24) is 9.88 Å². The number of benzene rings is 2. The van der Waals surface area contributed by atoms with Crippen LogP contribution >= 0.6 is 0 Å². The molecule has 1 amide bonds. The number of hydrogen-bond acceptors (Lipinski definition) is 3. The standard InChI is InChI=1S/C21H24N2O3/c1-15-4-6-18-17(12-15)9-11-23(18)14-21(24)22-10-8-16-5-7-19(25-2)20(13-16)26-3/h4-7,9,11-13H,8,10,14H2,1-3H3,(H,22,24). The average Bonchev–Trinajstić information content (AvgIpc) is 3.03. The van der Waals surface area contributed by atoms with E-state index >= 15 is 0 Å². The number of hydrogen-bond donors (Lipinski definition) is 1. The molecule has 26 heavy (non-hydrogen) atoms. The molecule has 0 atom stereocenters. The van der Waals surface area contributed by atoms with Gasteiger partial charge in [-0.15, -0.1) is 0 Å². The SMILES string of the molecule is COc1ccc(CCNC(=O)Cn2ccc3cc(C)ccc32)cc1OC. The van der Waals surface area contributed by atoms with E-state index in [1.807, 2.05) is 35.0 Å². The highest BCUT2D eigenvalue weighted by Crippen LogP contribution is 2.27. The van der Waals surface area contributed by atoms with E-state index in [1.165, 1.54) is 5.56 Å². The minimum Gasteiger partial charge on any atom is -0.493 e. The minimum atomic E-state index is 0.00329. The van der Waals surface area contributed by atoms with Crippen molar-refractivity contribution in [2.75, 3.05) is 20.8 Å². The van der Waals surface area contributed by atoms with Gasteiger partial charge in [0.15, 0.2) is 11.5 Å². The van der Waals surface area contributed by atoms with E-state index in [1.54, 1.807) is 14.2 Å². The first-order valence-electron chi connectivity index (χ1n) is 8.64. The third-order valence-electron chi connectivity index (χ3n) is 4.42. The topological polar surface area (TPSA) is 52.5 Å². The van der Waals surface area contributed by atoms with Gasteiger partial charge in [-0.05, 0) is 54.6 Å². The molecule has 1 N–H and O–H groups in total. The molecule has 2 aromatic carbocycles. The van der Waals surface area contributed by atoms with Gasteiger partial charge in [0.05, 0.1) is 14.2 Å². The Kier molecular flexibility index (Phi) is 5.46. The number of nitrogens with zero attached hydrogens (tertiary/aromatic N) is 1. The van der Waals surface area contributed by atoms with Crippen LogP contribution in [0.15, 0.2) is 48.7 Å². The van der Waals surface area contributed by atoms with Crippen LogP contribution in [0, 0.1) is 6.92 Å². The van der Waals surface area contributed by atoms with Crippen LogP contribution in [0.25, 0.3) is 10.9 Å². The van der Waals surface area contributed by atoms with E-state index in [4.69, 9.17) is 9.47 Å². The summed E-state index contributed by atoms with van der Waals surface area (Å²) in [5.74, 6) is 1.41. The third-order valence-corrected chi connectivity index (χ3v) is 4.42. The summed E-state index contributed by atoms with van der Waals surface area (Å²) in [5, 5.41) is 4.14. The Morgan fingerprint density at radius 3 is 2.62 bits per heavy atom. The van der Waals surface area contributed by atoms with Gasteiger partial charge < -0.3 is 19.4 Å². The maximum atomic E-state index is 12.3. The maximum absolute atomic E-state index is 12.3. The van der Waals surface area contributed by atoms with Crippen LogP contribution in [0.1, 0.15) is 11.1 Å². The van der Waals surface area contributed by atoms with Gasteiger partial charge in [0.2, 0.25) is 5.91 Å². The Morgan fingerprint density at radius 1 is 1.04 bits per heavy atom. The molecule has 0 aliphatic rings. The predicted molar refractivity (Wildman–Crippen MR) is 103 cm³/mol. The number of amides is 1. The fraction of sp³-hybridized carbons (Fsp3) is 0.286. The zero-order valence-electron chi connectivity index (χ0n) is 15.4. The summed E-state index contributed by atoms with van der Waals surface area (Å²) in [6, 6.07) is 14.1. The Bertz CT molecular complexity index is 915. The highest BCUT2D eigenvalue weighted by molar-refractivity contribution is 5.83. The number of nitrogens with one attached hydrogen (secondary N) is 1. The largest absolute Gasteiger partial charge is 0.493 e. The quantitative estimate of drug-likeness (QED) is 0.710. The van der Waals surface area contributed by atoms with Gasteiger partial charge >= 0.3 is 0 Å². The molecule has 0 unspecified atom stereocenters. The Labute approximate surface area is 153 Å². The molecule has 0 aliphatic heterocycles. The molecule has 3 aromatic rings. The highest BCUT2D eigenvalue weighted by Gasteiger charge is 2.08. The van der Waals surface area contributed by atoms with Gasteiger partial charge in [0, 0.05) is 18.3 Å². The first kappa shape index (κ1) is 17.9. The molecule has 5 nitrogen and oxygen atoms in total. The average molecular weight is 352 g/mol. The molecule has 3 rings (SSSR count). The molecule has 5 heteroatoms. The van der Waals surface area contributed by atoms with Crippen LogP contribution < -0.4 is 14.8 Å². The second-order valence-corrected chi connectivity index (χ2v) is 6.30. The van der Waals surface area contributed by atoms with E-state index < -0.39 is 0 Å². The lowest BCUT2D eigenvalue weighted by Crippen LogP contribution is -2.29. The number of methoxy groups -OCH3 is 2. The lowest BCUT2D eigenvalue weighted by atomic mass is 10.1. The fourth-order valence-electron chi connectivity index (χ4n) is 3.05. The molecule has 0 saturated heterocycles. The third kappa shape index (κ3) is 3.99. The summed E-state index contributed by atoms with van der Waals surface area (Å²) in [6.07, 6.45) is 2.69. The minimum absolute atomic E-state index is 0.00329. The Balaban J connectivity index is 1.55. The molecular formula is C21H24N2O3. The normalized spacial score (nSPS) is 10.7. The summed E-state index contributed by atoms with van der Waals surface area (Å²) in [5.41, 5.74) is 3.38. The van der Waals surface area contributed by atoms with Crippen molar-refractivity contribution in [3.8, 4) is 11.5 Å². The smallest absolute Gasteiger partial charge is 0.239 e. The first-order valence-corrected chi connectivity index (χ1v) is 8.64. The number of carbonyl (C=O) groups excluding carboxylic acids is 1. The Morgan fingerprint density at radius 2 is 1.85 bits per heavy atom. The maximum Gasteiger partial charge on any atom is 0.239 e. The van der Waals surface area contributed by atoms with E-state index in [9.17, 15) is 4.79 Å². The zero-order valence-corrected chi connectivity index (χ0v) is 15.4. The molecule has 0 radical (unpaired) electrons. The molecule has 0 fully saturated rings. The molecule has 0 saturated carbocycles. The molecule has 136 valence electrons. The lowest BCUT2D eigenvalue weighted by molar-refractivity contribution is -0.121. The number of carbonyl (C=O) groups is 1. The molecule has 1 heterocycles. The summed E-state index contributed by atoms with van der Waals surface area (Å²) < 4.78 is 12.5. The number of rotatable bonds is 7.